The predicted octanol–water partition coefficient (Wildman–Crippen LogP) is -0.950. The number of carboxylic acid groups (broad SMARTS) is 1. The quantitative estimate of drug-likeness (QED) is 0.637. The third kappa shape index (κ3) is 2.33. The normalized spacial score (nSPS) is 28.1. The van der Waals surface area contributed by atoms with E-state index < -0.39 is 12.1 Å². The van der Waals surface area contributed by atoms with E-state index in [4.69, 9.17) is 9.84 Å². The van der Waals surface area contributed by atoms with Gasteiger partial charge in [-0.25, -0.2) is 4.79 Å². The average Bonchev–Trinajstić information content (AvgIpc) is 2.30. The Morgan fingerprint density at radius 2 is 2.12 bits per heavy atom. The lowest BCUT2D eigenvalue weighted by Gasteiger charge is -2.38. The van der Waals surface area contributed by atoms with E-state index in [0.717, 1.165) is 25.9 Å². The maximum absolute atomic E-state index is 11.6. The molecule has 0 aliphatic carbocycles. The summed E-state index contributed by atoms with van der Waals surface area (Å²) >= 11 is 0. The van der Waals surface area contributed by atoms with Gasteiger partial charge in [-0.3, -0.25) is 4.79 Å². The van der Waals surface area contributed by atoms with Crippen LogP contribution in [0.3, 0.4) is 0 Å². The number of rotatable bonds is 2. The number of amides is 1. The van der Waals surface area contributed by atoms with Crippen LogP contribution in [0.5, 0.6) is 0 Å². The lowest BCUT2D eigenvalue weighted by Crippen LogP contribution is -2.55. The molecule has 1 atom stereocenters. The molecule has 0 spiro atoms. The largest absolute Gasteiger partial charge is 0.479 e. The Morgan fingerprint density at radius 1 is 1.44 bits per heavy atom. The summed E-state index contributed by atoms with van der Waals surface area (Å²) in [5.41, 5.74) is 0. The number of nitrogens with zero attached hydrogens (tertiary/aromatic N) is 1. The summed E-state index contributed by atoms with van der Waals surface area (Å²) in [4.78, 5) is 24.1. The van der Waals surface area contributed by atoms with Crippen molar-refractivity contribution in [2.75, 3.05) is 26.2 Å². The Kier molecular flexibility index (Phi) is 3.40. The molecule has 0 aromatic carbocycles. The number of hydrogen-bond donors (Lipinski definition) is 2. The molecule has 6 nitrogen and oxygen atoms in total. The van der Waals surface area contributed by atoms with E-state index in [1.54, 1.807) is 4.90 Å². The smallest absolute Gasteiger partial charge is 0.334 e. The van der Waals surface area contributed by atoms with Crippen LogP contribution in [0.25, 0.3) is 0 Å². The Hall–Kier alpha value is -1.14. The zero-order valence-electron chi connectivity index (χ0n) is 9.02. The molecule has 0 saturated carbocycles. The molecule has 2 N–H and O–H groups in total. The van der Waals surface area contributed by atoms with Crippen molar-refractivity contribution in [3.05, 3.63) is 0 Å². The molecule has 2 saturated heterocycles. The van der Waals surface area contributed by atoms with E-state index in [0.29, 0.717) is 0 Å². The van der Waals surface area contributed by atoms with Gasteiger partial charge in [0.2, 0.25) is 5.91 Å². The predicted molar refractivity (Wildman–Crippen MR) is 55.0 cm³/mol. The monoisotopic (exact) mass is 228 g/mol. The number of carbonyl (C=O) groups is 2. The van der Waals surface area contributed by atoms with Crippen LogP contribution in [0.4, 0.5) is 0 Å². The summed E-state index contributed by atoms with van der Waals surface area (Å²) in [7, 11) is 0. The van der Waals surface area contributed by atoms with Crippen molar-refractivity contribution in [2.45, 2.75) is 25.0 Å². The third-order valence-electron chi connectivity index (χ3n) is 3.12. The number of carboxylic acids is 1. The highest BCUT2D eigenvalue weighted by atomic mass is 16.5. The molecule has 2 aliphatic rings. The summed E-state index contributed by atoms with van der Waals surface area (Å²) in [6.07, 6.45) is 0.906. The maximum Gasteiger partial charge on any atom is 0.334 e. The van der Waals surface area contributed by atoms with E-state index in [1.165, 1.54) is 0 Å². The van der Waals surface area contributed by atoms with E-state index >= 15 is 0 Å². The molecule has 0 bridgehead atoms. The number of nitrogens with one attached hydrogen (secondary N) is 1. The van der Waals surface area contributed by atoms with E-state index in [-0.39, 0.29) is 25.1 Å². The minimum atomic E-state index is -0.994. The zero-order valence-corrected chi connectivity index (χ0v) is 9.02. The van der Waals surface area contributed by atoms with E-state index in [2.05, 4.69) is 5.32 Å². The standard InChI is InChI=1S/C10H16N2O4/c13-9-6-16-8(10(14)15)5-12(9)7-1-3-11-4-2-7/h7-8,11H,1-6H2,(H,14,15). The van der Waals surface area contributed by atoms with Crippen molar-refractivity contribution in [1.29, 1.82) is 0 Å². The number of ether oxygens (including phenoxy) is 1. The molecule has 90 valence electrons. The summed E-state index contributed by atoms with van der Waals surface area (Å²) in [5.74, 6) is -1.09. The van der Waals surface area contributed by atoms with Gasteiger partial charge in [0, 0.05) is 6.04 Å². The molecule has 2 aliphatic heterocycles. The lowest BCUT2D eigenvalue weighted by atomic mass is 10.0. The lowest BCUT2D eigenvalue weighted by molar-refractivity contribution is -0.167. The van der Waals surface area contributed by atoms with Gasteiger partial charge < -0.3 is 20.1 Å². The molecule has 2 rings (SSSR count). The van der Waals surface area contributed by atoms with Crippen LogP contribution >= 0.6 is 0 Å². The molecule has 1 amide bonds. The number of carbonyl (C=O) groups excluding carboxylic acids is 1. The Bertz CT molecular complexity index is 289. The number of piperidine rings is 1. The fourth-order valence-electron chi connectivity index (χ4n) is 2.21. The van der Waals surface area contributed by atoms with Crippen LogP contribution in [0.2, 0.25) is 0 Å². The second-order valence-corrected chi connectivity index (χ2v) is 4.17. The first-order chi connectivity index (χ1) is 7.68. The molecular formula is C10H16N2O4. The van der Waals surface area contributed by atoms with Crippen molar-refractivity contribution in [1.82, 2.24) is 10.2 Å². The van der Waals surface area contributed by atoms with Gasteiger partial charge in [0.15, 0.2) is 6.10 Å². The van der Waals surface area contributed by atoms with Crippen LogP contribution in [0.15, 0.2) is 0 Å². The maximum atomic E-state index is 11.6. The summed E-state index contributed by atoms with van der Waals surface area (Å²) in [6, 6.07) is 0.166. The molecule has 0 radical (unpaired) electrons. The summed E-state index contributed by atoms with van der Waals surface area (Å²) in [6.45, 7) is 1.83. The number of aliphatic carboxylic acids is 1. The van der Waals surface area contributed by atoms with Gasteiger partial charge in [-0.1, -0.05) is 0 Å². The molecule has 1 unspecified atom stereocenters. The minimum Gasteiger partial charge on any atom is -0.479 e. The van der Waals surface area contributed by atoms with Gasteiger partial charge in [-0.05, 0) is 25.9 Å². The Balaban J connectivity index is 1.99. The van der Waals surface area contributed by atoms with Crippen molar-refractivity contribution in [3.63, 3.8) is 0 Å². The highest BCUT2D eigenvalue weighted by Gasteiger charge is 2.35. The van der Waals surface area contributed by atoms with Crippen LogP contribution in [0.1, 0.15) is 12.8 Å². The van der Waals surface area contributed by atoms with E-state index in [1.807, 2.05) is 0 Å². The highest BCUT2D eigenvalue weighted by molar-refractivity contribution is 5.81. The second-order valence-electron chi connectivity index (χ2n) is 4.17. The molecule has 2 fully saturated rings. The van der Waals surface area contributed by atoms with Crippen molar-refractivity contribution < 1.29 is 19.4 Å². The molecule has 0 aromatic heterocycles. The third-order valence-corrected chi connectivity index (χ3v) is 3.12. The average molecular weight is 228 g/mol. The van der Waals surface area contributed by atoms with Gasteiger partial charge >= 0.3 is 5.97 Å². The van der Waals surface area contributed by atoms with Crippen molar-refractivity contribution in [2.24, 2.45) is 0 Å². The SMILES string of the molecule is O=C(O)C1CN(C2CCNCC2)C(=O)CO1. The first kappa shape index (κ1) is 11.3. The summed E-state index contributed by atoms with van der Waals surface area (Å²) in [5, 5.41) is 12.1. The highest BCUT2D eigenvalue weighted by Crippen LogP contribution is 2.17. The van der Waals surface area contributed by atoms with Crippen molar-refractivity contribution in [3.8, 4) is 0 Å². The van der Waals surface area contributed by atoms with Crippen molar-refractivity contribution >= 4 is 11.9 Å². The molecule has 16 heavy (non-hydrogen) atoms. The number of morpholine rings is 1. The van der Waals surface area contributed by atoms with Gasteiger partial charge in [0.05, 0.1) is 6.54 Å². The van der Waals surface area contributed by atoms with Gasteiger partial charge in [-0.15, -0.1) is 0 Å². The van der Waals surface area contributed by atoms with Crippen LogP contribution in [-0.2, 0) is 14.3 Å². The topological polar surface area (TPSA) is 78.9 Å². The first-order valence-corrected chi connectivity index (χ1v) is 5.53. The molecule has 6 heteroatoms. The van der Waals surface area contributed by atoms with Crippen LogP contribution < -0.4 is 5.32 Å². The van der Waals surface area contributed by atoms with Crippen LogP contribution in [-0.4, -0.2) is 60.3 Å². The zero-order chi connectivity index (χ0) is 11.5. The van der Waals surface area contributed by atoms with Gasteiger partial charge in [0.1, 0.15) is 6.61 Å². The second kappa shape index (κ2) is 4.80. The fraction of sp³-hybridized carbons (Fsp3) is 0.800. The number of hydrogen-bond acceptors (Lipinski definition) is 4. The van der Waals surface area contributed by atoms with Crippen LogP contribution in [0, 0.1) is 0 Å². The molecular weight excluding hydrogens is 212 g/mol. The minimum absolute atomic E-state index is 0.0931. The Labute approximate surface area is 93.6 Å². The van der Waals surface area contributed by atoms with Gasteiger partial charge in [-0.2, -0.15) is 0 Å². The van der Waals surface area contributed by atoms with E-state index in [9.17, 15) is 9.59 Å². The molecule has 0 aromatic rings. The summed E-state index contributed by atoms with van der Waals surface area (Å²) < 4.78 is 4.97. The van der Waals surface area contributed by atoms with Gasteiger partial charge in [0.25, 0.3) is 0 Å². The fourth-order valence-corrected chi connectivity index (χ4v) is 2.21. The Morgan fingerprint density at radius 3 is 2.75 bits per heavy atom. The molecule has 2 heterocycles. The first-order valence-electron chi connectivity index (χ1n) is 5.53.